The third-order valence-corrected chi connectivity index (χ3v) is 4.96. The number of hydrogen-bond acceptors (Lipinski definition) is 4. The van der Waals surface area contributed by atoms with Gasteiger partial charge in [0, 0.05) is 38.9 Å². The van der Waals surface area contributed by atoms with Crippen molar-refractivity contribution >= 4 is 17.6 Å². The molecule has 0 spiro atoms. The molecule has 1 unspecified atom stereocenters. The van der Waals surface area contributed by atoms with Crippen LogP contribution in [0.4, 0.5) is 10.5 Å². The molecule has 3 amide bonds. The molecule has 2 N–H and O–H groups in total. The van der Waals surface area contributed by atoms with Gasteiger partial charge in [0.1, 0.15) is 6.04 Å². The fraction of sp³-hybridized carbons (Fsp3) is 0.333. The topological polar surface area (TPSA) is 64.7 Å². The molecule has 3 rings (SSSR count). The molecule has 0 saturated carbocycles. The normalized spacial score (nSPS) is 15.9. The highest BCUT2D eigenvalue weighted by molar-refractivity contribution is 5.97. The van der Waals surface area contributed by atoms with Gasteiger partial charge in [0.2, 0.25) is 5.91 Å². The first-order chi connectivity index (χ1) is 13.1. The molecule has 0 aromatic heterocycles. The SMILES string of the molecule is CNC(=O)NC(=O)C(c1ccccc1)N1CCN(c2ccccc2C)CC1. The number of rotatable bonds is 4. The van der Waals surface area contributed by atoms with E-state index in [0.717, 1.165) is 31.7 Å². The zero-order valence-electron chi connectivity index (χ0n) is 15.8. The second-order valence-corrected chi connectivity index (χ2v) is 6.69. The average molecular weight is 366 g/mol. The van der Waals surface area contributed by atoms with E-state index in [2.05, 4.69) is 45.6 Å². The van der Waals surface area contributed by atoms with E-state index in [-0.39, 0.29) is 5.91 Å². The van der Waals surface area contributed by atoms with Crippen LogP contribution in [0.5, 0.6) is 0 Å². The third-order valence-electron chi connectivity index (χ3n) is 4.96. The van der Waals surface area contributed by atoms with Gasteiger partial charge < -0.3 is 10.2 Å². The fourth-order valence-electron chi connectivity index (χ4n) is 3.55. The van der Waals surface area contributed by atoms with E-state index < -0.39 is 12.1 Å². The maximum absolute atomic E-state index is 12.8. The van der Waals surface area contributed by atoms with Crippen LogP contribution in [0.2, 0.25) is 0 Å². The smallest absolute Gasteiger partial charge is 0.321 e. The second kappa shape index (κ2) is 8.68. The average Bonchev–Trinajstić information content (AvgIpc) is 2.70. The lowest BCUT2D eigenvalue weighted by molar-refractivity contribution is -0.125. The molecular weight excluding hydrogens is 340 g/mol. The van der Waals surface area contributed by atoms with Gasteiger partial charge in [-0.25, -0.2) is 4.79 Å². The summed E-state index contributed by atoms with van der Waals surface area (Å²) in [5.74, 6) is -0.301. The Kier molecular flexibility index (Phi) is 6.08. The predicted molar refractivity (Wildman–Crippen MR) is 107 cm³/mol. The van der Waals surface area contributed by atoms with Crippen molar-refractivity contribution in [3.8, 4) is 0 Å². The number of hydrogen-bond donors (Lipinski definition) is 2. The standard InChI is InChI=1S/C21H26N4O2/c1-16-8-6-7-11-18(16)24-12-14-25(15-13-24)19(17-9-4-3-5-10-17)20(26)23-21(27)22-2/h3-11,19H,12-15H2,1-2H3,(H2,22,23,26,27). The summed E-state index contributed by atoms with van der Waals surface area (Å²) in [5.41, 5.74) is 3.38. The van der Waals surface area contributed by atoms with Gasteiger partial charge in [0.15, 0.2) is 0 Å². The first kappa shape index (κ1) is 18.9. The number of amides is 3. The Hall–Kier alpha value is -2.86. The lowest BCUT2D eigenvalue weighted by Crippen LogP contribution is -2.52. The Morgan fingerprint density at radius 1 is 0.926 bits per heavy atom. The molecule has 1 aliphatic heterocycles. The van der Waals surface area contributed by atoms with Crippen LogP contribution in [0.3, 0.4) is 0 Å². The lowest BCUT2D eigenvalue weighted by Gasteiger charge is -2.40. The van der Waals surface area contributed by atoms with E-state index in [1.54, 1.807) is 0 Å². The van der Waals surface area contributed by atoms with Gasteiger partial charge in [-0.05, 0) is 24.1 Å². The number of nitrogens with one attached hydrogen (secondary N) is 2. The lowest BCUT2D eigenvalue weighted by atomic mass is 10.0. The summed E-state index contributed by atoms with van der Waals surface area (Å²) < 4.78 is 0. The molecule has 2 aromatic rings. The number of nitrogens with zero attached hydrogens (tertiary/aromatic N) is 2. The Morgan fingerprint density at radius 2 is 1.56 bits per heavy atom. The number of imide groups is 1. The van der Waals surface area contributed by atoms with Crippen LogP contribution in [0, 0.1) is 6.92 Å². The van der Waals surface area contributed by atoms with E-state index in [4.69, 9.17) is 0 Å². The molecule has 1 heterocycles. The van der Waals surface area contributed by atoms with Gasteiger partial charge in [-0.1, -0.05) is 48.5 Å². The van der Waals surface area contributed by atoms with Crippen molar-refractivity contribution in [2.75, 3.05) is 38.1 Å². The maximum Gasteiger partial charge on any atom is 0.321 e. The minimum atomic E-state index is -0.487. The number of piperazine rings is 1. The van der Waals surface area contributed by atoms with E-state index >= 15 is 0 Å². The van der Waals surface area contributed by atoms with Crippen molar-refractivity contribution in [3.63, 3.8) is 0 Å². The van der Waals surface area contributed by atoms with Gasteiger partial charge >= 0.3 is 6.03 Å². The Labute approximate surface area is 160 Å². The molecule has 0 aliphatic carbocycles. The minimum absolute atomic E-state index is 0.301. The van der Waals surface area contributed by atoms with Crippen LogP contribution in [0.1, 0.15) is 17.2 Å². The number of anilines is 1. The number of benzene rings is 2. The molecule has 1 atom stereocenters. The van der Waals surface area contributed by atoms with Gasteiger partial charge in [-0.3, -0.25) is 15.0 Å². The molecule has 6 nitrogen and oxygen atoms in total. The summed E-state index contributed by atoms with van der Waals surface area (Å²) >= 11 is 0. The summed E-state index contributed by atoms with van der Waals surface area (Å²) in [4.78, 5) is 28.9. The molecule has 0 radical (unpaired) electrons. The van der Waals surface area contributed by atoms with Gasteiger partial charge in [-0.15, -0.1) is 0 Å². The maximum atomic E-state index is 12.8. The summed E-state index contributed by atoms with van der Waals surface area (Å²) in [5, 5.41) is 4.88. The molecule has 1 saturated heterocycles. The Balaban J connectivity index is 1.75. The van der Waals surface area contributed by atoms with Crippen molar-refractivity contribution < 1.29 is 9.59 Å². The van der Waals surface area contributed by atoms with E-state index in [0.29, 0.717) is 0 Å². The molecule has 6 heteroatoms. The molecule has 27 heavy (non-hydrogen) atoms. The van der Waals surface area contributed by atoms with Gasteiger partial charge in [0.05, 0.1) is 0 Å². The Morgan fingerprint density at radius 3 is 2.19 bits per heavy atom. The molecule has 142 valence electrons. The molecule has 0 bridgehead atoms. The number of carbonyl (C=O) groups excluding carboxylic acids is 2. The minimum Gasteiger partial charge on any atom is -0.369 e. The largest absolute Gasteiger partial charge is 0.369 e. The first-order valence-corrected chi connectivity index (χ1v) is 9.22. The van der Waals surface area contributed by atoms with Crippen LogP contribution >= 0.6 is 0 Å². The van der Waals surface area contributed by atoms with Crippen molar-refractivity contribution in [1.29, 1.82) is 0 Å². The van der Waals surface area contributed by atoms with E-state index in [9.17, 15) is 9.59 Å². The monoisotopic (exact) mass is 366 g/mol. The summed E-state index contributed by atoms with van der Waals surface area (Å²) in [6.45, 7) is 5.28. The zero-order chi connectivity index (χ0) is 19.2. The highest BCUT2D eigenvalue weighted by Crippen LogP contribution is 2.26. The third kappa shape index (κ3) is 4.46. The summed E-state index contributed by atoms with van der Waals surface area (Å²) in [7, 11) is 1.50. The number of aryl methyl sites for hydroxylation is 1. The second-order valence-electron chi connectivity index (χ2n) is 6.69. The van der Waals surface area contributed by atoms with Crippen LogP contribution in [-0.4, -0.2) is 50.1 Å². The van der Waals surface area contributed by atoms with Gasteiger partial charge in [-0.2, -0.15) is 0 Å². The first-order valence-electron chi connectivity index (χ1n) is 9.22. The number of urea groups is 1. The van der Waals surface area contributed by atoms with Crippen LogP contribution in [0.25, 0.3) is 0 Å². The van der Waals surface area contributed by atoms with Crippen LogP contribution < -0.4 is 15.5 Å². The van der Waals surface area contributed by atoms with Crippen molar-refractivity contribution in [3.05, 3.63) is 65.7 Å². The highest BCUT2D eigenvalue weighted by Gasteiger charge is 2.31. The van der Waals surface area contributed by atoms with Gasteiger partial charge in [0.25, 0.3) is 0 Å². The highest BCUT2D eigenvalue weighted by atomic mass is 16.2. The van der Waals surface area contributed by atoms with E-state index in [1.807, 2.05) is 36.4 Å². The molecule has 1 fully saturated rings. The van der Waals surface area contributed by atoms with Crippen LogP contribution in [0.15, 0.2) is 54.6 Å². The molecule has 2 aromatic carbocycles. The van der Waals surface area contributed by atoms with Crippen molar-refractivity contribution in [2.45, 2.75) is 13.0 Å². The Bertz CT molecular complexity index is 786. The quantitative estimate of drug-likeness (QED) is 0.872. The summed E-state index contributed by atoms with van der Waals surface area (Å²) in [6.07, 6.45) is 0. The van der Waals surface area contributed by atoms with Crippen molar-refractivity contribution in [1.82, 2.24) is 15.5 Å². The molecule has 1 aliphatic rings. The number of carbonyl (C=O) groups is 2. The fourth-order valence-corrected chi connectivity index (χ4v) is 3.55. The van der Waals surface area contributed by atoms with Crippen LogP contribution in [-0.2, 0) is 4.79 Å². The predicted octanol–water partition coefficient (Wildman–Crippen LogP) is 2.31. The van der Waals surface area contributed by atoms with E-state index in [1.165, 1.54) is 18.3 Å². The van der Waals surface area contributed by atoms with Crippen molar-refractivity contribution in [2.24, 2.45) is 0 Å². The summed E-state index contributed by atoms with van der Waals surface area (Å²) in [6, 6.07) is 17.0. The number of para-hydroxylation sites is 1. The molecular formula is C21H26N4O2. The zero-order valence-corrected chi connectivity index (χ0v) is 15.8.